The predicted molar refractivity (Wildman–Crippen MR) is 168 cm³/mol. The average Bonchev–Trinajstić information content (AvgIpc) is 3.47. The van der Waals surface area contributed by atoms with Gasteiger partial charge in [-0.1, -0.05) is 68.3 Å². The molecule has 0 radical (unpaired) electrons. The molecule has 0 fully saturated rings. The summed E-state index contributed by atoms with van der Waals surface area (Å²) in [6, 6.07) is 5.19. The zero-order valence-corrected chi connectivity index (χ0v) is 24.3. The van der Waals surface area contributed by atoms with Gasteiger partial charge < -0.3 is 9.88 Å². The van der Waals surface area contributed by atoms with E-state index in [0.717, 1.165) is 69.2 Å². The van der Waals surface area contributed by atoms with Gasteiger partial charge in [-0.2, -0.15) is 5.10 Å². The summed E-state index contributed by atoms with van der Waals surface area (Å²) < 4.78 is 14.7. The fourth-order valence-electron chi connectivity index (χ4n) is 4.46. The number of halogens is 1. The van der Waals surface area contributed by atoms with E-state index in [-0.39, 0.29) is 5.82 Å². The third-order valence-corrected chi connectivity index (χ3v) is 6.57. The summed E-state index contributed by atoms with van der Waals surface area (Å²) in [5.74, 6) is 0.326. The van der Waals surface area contributed by atoms with Gasteiger partial charge in [-0.3, -0.25) is 5.10 Å². The van der Waals surface area contributed by atoms with E-state index < -0.39 is 0 Å². The minimum atomic E-state index is -0.266. The predicted octanol–water partition coefficient (Wildman–Crippen LogP) is 6.18. The topological polar surface area (TPSA) is 60.6 Å². The molecule has 0 spiro atoms. The second-order valence-corrected chi connectivity index (χ2v) is 9.95. The average molecular weight is 538 g/mol. The molecule has 40 heavy (non-hydrogen) atoms. The van der Waals surface area contributed by atoms with Gasteiger partial charge in [0.25, 0.3) is 0 Å². The van der Waals surface area contributed by atoms with Gasteiger partial charge >= 0.3 is 0 Å². The van der Waals surface area contributed by atoms with Crippen LogP contribution in [0.5, 0.6) is 0 Å². The monoisotopic (exact) mass is 537 g/mol. The number of hydrogen-bond acceptors (Lipinski definition) is 3. The Morgan fingerprint density at radius 3 is 2.58 bits per heavy atom. The highest BCUT2D eigenvalue weighted by Crippen LogP contribution is 2.28. The van der Waals surface area contributed by atoms with Crippen LogP contribution in [-0.2, 0) is 6.42 Å². The Hall–Kier alpha value is -4.29. The number of aryl methyl sites for hydroxylation is 2. The molecule has 5 nitrogen and oxygen atoms in total. The number of aromatic amines is 2. The van der Waals surface area contributed by atoms with Crippen molar-refractivity contribution in [2.24, 2.45) is 0 Å². The molecule has 0 aliphatic rings. The quantitative estimate of drug-likeness (QED) is 0.271. The first-order chi connectivity index (χ1) is 19.2. The molecule has 6 heteroatoms. The minimum Gasteiger partial charge on any atom is -0.340 e. The van der Waals surface area contributed by atoms with Gasteiger partial charge in [0.05, 0.1) is 11.0 Å². The van der Waals surface area contributed by atoms with Crippen LogP contribution < -0.4 is 10.6 Å². The van der Waals surface area contributed by atoms with Crippen LogP contribution >= 0.6 is 0 Å². The summed E-state index contributed by atoms with van der Waals surface area (Å²) in [4.78, 5) is 10.4. The van der Waals surface area contributed by atoms with Crippen molar-refractivity contribution in [2.45, 2.75) is 33.6 Å². The molecule has 0 unspecified atom stereocenters. The zero-order valence-electron chi connectivity index (χ0n) is 24.3. The molecule has 2 N–H and O–H groups in total. The highest BCUT2D eigenvalue weighted by molar-refractivity contribution is 5.81. The largest absolute Gasteiger partial charge is 0.340 e. The third kappa shape index (κ3) is 7.64. The maximum absolute atomic E-state index is 14.7. The van der Waals surface area contributed by atoms with Crippen molar-refractivity contribution in [3.8, 4) is 11.5 Å². The molecular formula is C34H40FN5. The molecule has 0 saturated heterocycles. The second kappa shape index (κ2) is 14.2. The van der Waals surface area contributed by atoms with E-state index >= 15 is 0 Å². The van der Waals surface area contributed by atoms with Crippen molar-refractivity contribution < 1.29 is 4.39 Å². The maximum Gasteiger partial charge on any atom is 0.159 e. The molecular weight excluding hydrogens is 497 g/mol. The van der Waals surface area contributed by atoms with Crippen LogP contribution in [0.2, 0.25) is 0 Å². The van der Waals surface area contributed by atoms with Gasteiger partial charge in [-0.15, -0.1) is 0 Å². The van der Waals surface area contributed by atoms with Crippen LogP contribution in [0.1, 0.15) is 42.8 Å². The van der Waals surface area contributed by atoms with E-state index in [9.17, 15) is 4.39 Å². The molecule has 2 aromatic heterocycles. The Labute approximate surface area is 237 Å². The van der Waals surface area contributed by atoms with Crippen LogP contribution in [0, 0.1) is 12.7 Å². The fourth-order valence-corrected chi connectivity index (χ4v) is 4.46. The first-order valence-corrected chi connectivity index (χ1v) is 13.4. The van der Waals surface area contributed by atoms with Gasteiger partial charge in [0.1, 0.15) is 11.5 Å². The third-order valence-electron chi connectivity index (χ3n) is 6.57. The number of benzene rings is 1. The molecule has 0 aliphatic carbocycles. The normalized spacial score (nSPS) is 13.6. The number of nitrogens with zero attached hydrogens (tertiary/aromatic N) is 3. The highest BCUT2D eigenvalue weighted by Gasteiger charge is 2.17. The van der Waals surface area contributed by atoms with E-state index in [4.69, 9.17) is 4.98 Å². The number of imidazole rings is 1. The molecule has 3 rings (SSSR count). The van der Waals surface area contributed by atoms with E-state index in [2.05, 4.69) is 52.8 Å². The number of nitrogens with one attached hydrogen (secondary N) is 2. The molecule has 1 aromatic carbocycles. The maximum atomic E-state index is 14.7. The lowest BCUT2D eigenvalue weighted by Crippen LogP contribution is -2.21. The highest BCUT2D eigenvalue weighted by atomic mass is 19.1. The molecule has 0 atom stereocenters. The molecule has 2 heterocycles. The van der Waals surface area contributed by atoms with Gasteiger partial charge in [0.15, 0.2) is 5.82 Å². The summed E-state index contributed by atoms with van der Waals surface area (Å²) in [7, 11) is 4.08. The van der Waals surface area contributed by atoms with Crippen LogP contribution in [0.25, 0.3) is 29.7 Å². The number of H-pyrrole nitrogens is 2. The fraction of sp³-hybridized carbons (Fsp3) is 0.235. The SMILES string of the molecule is C=C\C=C/C(=C\C)C(/C)=C/C=c1/[nH]nc(-c2nc(/C(=C\C=C)c3cc(F)cc(CCCN(C)C)c3)c(C)[nH]2)c1=C. The van der Waals surface area contributed by atoms with Gasteiger partial charge in [-0.25, -0.2) is 9.37 Å². The van der Waals surface area contributed by atoms with Crippen molar-refractivity contribution in [1.82, 2.24) is 25.1 Å². The lowest BCUT2D eigenvalue weighted by Gasteiger charge is -2.11. The summed E-state index contributed by atoms with van der Waals surface area (Å²) >= 11 is 0. The van der Waals surface area contributed by atoms with Crippen molar-refractivity contribution in [1.29, 1.82) is 0 Å². The molecule has 208 valence electrons. The Kier molecular flexibility index (Phi) is 10.7. The Morgan fingerprint density at radius 2 is 1.90 bits per heavy atom. The molecule has 0 aliphatic heterocycles. The Bertz CT molecular complexity index is 1590. The van der Waals surface area contributed by atoms with Crippen molar-refractivity contribution >= 4 is 18.2 Å². The standard InChI is InChI=1S/C34H40FN5/c1-9-12-16-27(11-3)23(4)17-18-31-24(5)32(39-38-31)34-36-25(6)33(37-34)30(14-10-2)28-20-26(21-29(35)22-28)15-13-19-40(7)8/h9-12,14,16-18,20-22,38H,1-2,5,13,15,19H2,3-4,6-8H3,(H,36,37)/b16-12-,23-17+,27-11+,30-14-,31-18+. The number of hydrogen-bond donors (Lipinski definition) is 2. The van der Waals surface area contributed by atoms with Crippen molar-refractivity contribution in [3.63, 3.8) is 0 Å². The minimum absolute atomic E-state index is 0.266. The van der Waals surface area contributed by atoms with Crippen molar-refractivity contribution in [3.05, 3.63) is 124 Å². The molecule has 0 bridgehead atoms. The summed E-state index contributed by atoms with van der Waals surface area (Å²) in [6.45, 7) is 18.8. The Balaban J connectivity index is 1.98. The van der Waals surface area contributed by atoms with Gasteiger partial charge in [0, 0.05) is 16.5 Å². The molecule has 3 aromatic rings. The molecule has 0 saturated carbocycles. The van der Waals surface area contributed by atoms with Crippen LogP contribution in [-0.4, -0.2) is 45.7 Å². The van der Waals surface area contributed by atoms with Crippen LogP contribution in [0.15, 0.2) is 85.0 Å². The molecule has 0 amide bonds. The van der Waals surface area contributed by atoms with E-state index in [1.807, 2.05) is 64.4 Å². The lowest BCUT2D eigenvalue weighted by molar-refractivity contribution is 0.400. The lowest BCUT2D eigenvalue weighted by atomic mass is 9.97. The number of aromatic nitrogens is 4. The number of rotatable bonds is 12. The van der Waals surface area contributed by atoms with E-state index in [0.29, 0.717) is 11.5 Å². The first-order valence-electron chi connectivity index (χ1n) is 13.4. The van der Waals surface area contributed by atoms with E-state index in [1.165, 1.54) is 0 Å². The smallest absolute Gasteiger partial charge is 0.159 e. The summed E-state index contributed by atoms with van der Waals surface area (Å²) in [5, 5.41) is 9.10. The van der Waals surface area contributed by atoms with E-state index in [1.54, 1.807) is 24.3 Å². The zero-order chi connectivity index (χ0) is 29.2. The van der Waals surface area contributed by atoms with Gasteiger partial charge in [0.2, 0.25) is 0 Å². The second-order valence-electron chi connectivity index (χ2n) is 9.95. The van der Waals surface area contributed by atoms with Crippen LogP contribution in [0.3, 0.4) is 0 Å². The first kappa shape index (κ1) is 30.3. The van der Waals surface area contributed by atoms with Gasteiger partial charge in [-0.05, 0) is 94.7 Å². The Morgan fingerprint density at radius 1 is 1.12 bits per heavy atom. The summed E-state index contributed by atoms with van der Waals surface area (Å²) in [5.41, 5.74) is 6.91. The van der Waals surface area contributed by atoms with Crippen LogP contribution in [0.4, 0.5) is 4.39 Å². The van der Waals surface area contributed by atoms with Crippen molar-refractivity contribution in [2.75, 3.05) is 20.6 Å². The number of allylic oxidation sites excluding steroid dienone is 9. The summed E-state index contributed by atoms with van der Waals surface area (Å²) in [6.07, 6.45) is 17.0.